The van der Waals surface area contributed by atoms with Crippen molar-refractivity contribution in [2.45, 2.75) is 64.6 Å². The lowest BCUT2D eigenvalue weighted by Gasteiger charge is -2.41. The first-order valence-electron chi connectivity index (χ1n) is 9.74. The molecule has 2 N–H and O–H groups in total. The second-order valence-electron chi connectivity index (χ2n) is 8.69. The summed E-state index contributed by atoms with van der Waals surface area (Å²) < 4.78 is 16.5. The summed E-state index contributed by atoms with van der Waals surface area (Å²) in [7, 11) is 0. The highest BCUT2D eigenvalue weighted by molar-refractivity contribution is 5.91. The quantitative estimate of drug-likeness (QED) is 0.306. The molecule has 0 amide bonds. The van der Waals surface area contributed by atoms with E-state index >= 15 is 0 Å². The van der Waals surface area contributed by atoms with Crippen LogP contribution in [0.5, 0.6) is 0 Å². The molecule has 1 saturated carbocycles. The van der Waals surface area contributed by atoms with E-state index in [1.807, 2.05) is 0 Å². The largest absolute Gasteiger partial charge is 0.458 e. The zero-order chi connectivity index (χ0) is 21.8. The van der Waals surface area contributed by atoms with Crippen molar-refractivity contribution < 1.29 is 38.8 Å². The first kappa shape index (κ1) is 21.5. The van der Waals surface area contributed by atoms with Crippen molar-refractivity contribution in [3.63, 3.8) is 0 Å². The highest BCUT2D eigenvalue weighted by Gasteiger charge is 2.65. The van der Waals surface area contributed by atoms with Gasteiger partial charge in [-0.1, -0.05) is 26.0 Å². The number of fused-ring (bicyclic) bond motifs is 3. The van der Waals surface area contributed by atoms with E-state index < -0.39 is 71.6 Å². The summed E-state index contributed by atoms with van der Waals surface area (Å²) in [6.45, 7) is 11.5. The van der Waals surface area contributed by atoms with Crippen molar-refractivity contribution in [1.82, 2.24) is 0 Å². The molecule has 0 spiro atoms. The SMILES string of the molecule is C=C1C(=O)O[C@H]2[C@H]1[C@@H](O)[C@@H](OC(=O)C(C)C)[C@@](C)(O)[C@@H]1[C@H]2C(C)=C[C@H]1OC(C)=O. The van der Waals surface area contributed by atoms with Gasteiger partial charge in [-0.2, -0.15) is 0 Å². The first-order valence-corrected chi connectivity index (χ1v) is 9.74. The summed E-state index contributed by atoms with van der Waals surface area (Å²) >= 11 is 0. The van der Waals surface area contributed by atoms with E-state index in [0.29, 0.717) is 0 Å². The van der Waals surface area contributed by atoms with Gasteiger partial charge in [-0.05, 0) is 19.9 Å². The van der Waals surface area contributed by atoms with E-state index in [0.717, 1.165) is 5.57 Å². The molecule has 0 aromatic heterocycles. The lowest BCUT2D eigenvalue weighted by atomic mass is 9.74. The Labute approximate surface area is 169 Å². The molecule has 2 aliphatic carbocycles. The Hall–Kier alpha value is -2.19. The van der Waals surface area contributed by atoms with Crippen molar-refractivity contribution in [2.75, 3.05) is 0 Å². The minimum Gasteiger partial charge on any atom is -0.458 e. The average molecular weight is 408 g/mol. The van der Waals surface area contributed by atoms with Crippen molar-refractivity contribution in [3.05, 3.63) is 23.8 Å². The number of carbonyl (C=O) groups excluding carboxylic acids is 3. The molecule has 0 radical (unpaired) electrons. The highest BCUT2D eigenvalue weighted by atomic mass is 16.6. The summed E-state index contributed by atoms with van der Waals surface area (Å²) in [6, 6.07) is 0. The predicted octanol–water partition coefficient (Wildman–Crippen LogP) is 0.901. The summed E-state index contributed by atoms with van der Waals surface area (Å²) in [5, 5.41) is 22.7. The van der Waals surface area contributed by atoms with E-state index in [2.05, 4.69) is 6.58 Å². The van der Waals surface area contributed by atoms with Crippen LogP contribution in [0.2, 0.25) is 0 Å². The van der Waals surface area contributed by atoms with Crippen molar-refractivity contribution in [3.8, 4) is 0 Å². The summed E-state index contributed by atoms with van der Waals surface area (Å²) in [4.78, 5) is 36.2. The zero-order valence-electron chi connectivity index (χ0n) is 17.2. The Morgan fingerprint density at radius 2 is 1.90 bits per heavy atom. The molecule has 3 rings (SSSR count). The molecule has 0 aromatic carbocycles. The number of hydrogen-bond acceptors (Lipinski definition) is 8. The van der Waals surface area contributed by atoms with E-state index in [1.165, 1.54) is 13.8 Å². The van der Waals surface area contributed by atoms with Gasteiger partial charge in [0.1, 0.15) is 23.9 Å². The van der Waals surface area contributed by atoms with Crippen LogP contribution in [0.25, 0.3) is 0 Å². The van der Waals surface area contributed by atoms with E-state index in [-0.39, 0.29) is 5.57 Å². The Morgan fingerprint density at radius 3 is 2.45 bits per heavy atom. The fourth-order valence-electron chi connectivity index (χ4n) is 4.90. The average Bonchev–Trinajstić information content (AvgIpc) is 3.05. The topological polar surface area (TPSA) is 119 Å². The molecule has 0 bridgehead atoms. The molecular formula is C21H28O8. The Balaban J connectivity index is 2.13. The van der Waals surface area contributed by atoms with Crippen molar-refractivity contribution in [2.24, 2.45) is 23.7 Å². The second-order valence-corrected chi connectivity index (χ2v) is 8.69. The maximum Gasteiger partial charge on any atom is 0.334 e. The van der Waals surface area contributed by atoms with Crippen LogP contribution in [0.4, 0.5) is 0 Å². The number of aliphatic hydroxyl groups is 2. The van der Waals surface area contributed by atoms with E-state index in [1.54, 1.807) is 26.8 Å². The standard InChI is InChI=1S/C21H28O8/c1-8(2)19(24)29-18-16(23)14-10(4)20(25)28-17(14)13-9(3)7-12(27-11(5)22)15(13)21(18,6)26/h7-8,12-18,23,26H,4H2,1-3,5-6H3/t12-,13-,14-,15+,16-,17-,18-,21+/m1/s1. The normalized spacial score (nSPS) is 41.2. The Bertz CT molecular complexity index is 780. The summed E-state index contributed by atoms with van der Waals surface area (Å²) in [5.74, 6) is -4.48. The molecule has 0 unspecified atom stereocenters. The van der Waals surface area contributed by atoms with Gasteiger partial charge in [-0.25, -0.2) is 4.79 Å². The number of ether oxygens (including phenoxy) is 3. The van der Waals surface area contributed by atoms with Gasteiger partial charge in [0.05, 0.1) is 11.8 Å². The van der Waals surface area contributed by atoms with E-state index in [4.69, 9.17) is 14.2 Å². The molecule has 2 fully saturated rings. The van der Waals surface area contributed by atoms with Gasteiger partial charge < -0.3 is 24.4 Å². The molecule has 1 saturated heterocycles. The molecule has 1 aliphatic heterocycles. The lowest BCUT2D eigenvalue weighted by molar-refractivity contribution is -0.199. The molecular weight excluding hydrogens is 380 g/mol. The first-order chi connectivity index (χ1) is 13.4. The molecule has 1 heterocycles. The second kappa shape index (κ2) is 7.25. The van der Waals surface area contributed by atoms with Crippen LogP contribution in [0.15, 0.2) is 23.8 Å². The van der Waals surface area contributed by atoms with Gasteiger partial charge in [-0.3, -0.25) is 9.59 Å². The Kier molecular flexibility index (Phi) is 5.38. The third-order valence-electron chi connectivity index (χ3n) is 6.25. The minimum atomic E-state index is -1.78. The van der Waals surface area contributed by atoms with E-state index in [9.17, 15) is 24.6 Å². The number of esters is 3. The third-order valence-corrected chi connectivity index (χ3v) is 6.25. The monoisotopic (exact) mass is 408 g/mol. The Morgan fingerprint density at radius 1 is 1.28 bits per heavy atom. The van der Waals surface area contributed by atoms with Crippen LogP contribution < -0.4 is 0 Å². The fourth-order valence-corrected chi connectivity index (χ4v) is 4.90. The third kappa shape index (κ3) is 3.38. The zero-order valence-corrected chi connectivity index (χ0v) is 17.2. The molecule has 3 aliphatic rings. The van der Waals surface area contributed by atoms with Gasteiger partial charge in [0, 0.05) is 24.3 Å². The number of aliphatic hydroxyl groups excluding tert-OH is 1. The molecule has 8 heteroatoms. The number of rotatable bonds is 3. The van der Waals surface area contributed by atoms with Crippen LogP contribution in [-0.4, -0.2) is 58.1 Å². The lowest BCUT2D eigenvalue weighted by Crippen LogP contribution is -2.57. The van der Waals surface area contributed by atoms with Crippen LogP contribution >= 0.6 is 0 Å². The van der Waals surface area contributed by atoms with Crippen LogP contribution in [-0.2, 0) is 28.6 Å². The summed E-state index contributed by atoms with van der Waals surface area (Å²) in [5.41, 5.74) is -0.963. The number of hydrogen-bond donors (Lipinski definition) is 2. The number of carbonyl (C=O) groups is 3. The maximum atomic E-state index is 12.3. The smallest absolute Gasteiger partial charge is 0.334 e. The summed E-state index contributed by atoms with van der Waals surface area (Å²) in [6.07, 6.45) is -2.74. The van der Waals surface area contributed by atoms with Gasteiger partial charge in [-0.15, -0.1) is 0 Å². The van der Waals surface area contributed by atoms with Gasteiger partial charge in [0.25, 0.3) is 0 Å². The molecule has 29 heavy (non-hydrogen) atoms. The van der Waals surface area contributed by atoms with Gasteiger partial charge in [0.15, 0.2) is 6.10 Å². The maximum absolute atomic E-state index is 12.3. The fraction of sp³-hybridized carbons (Fsp3) is 0.667. The van der Waals surface area contributed by atoms with Crippen LogP contribution in [0.3, 0.4) is 0 Å². The molecule has 8 nitrogen and oxygen atoms in total. The van der Waals surface area contributed by atoms with Gasteiger partial charge >= 0.3 is 17.9 Å². The van der Waals surface area contributed by atoms with Crippen LogP contribution in [0, 0.1) is 23.7 Å². The van der Waals surface area contributed by atoms with Gasteiger partial charge in [0.2, 0.25) is 0 Å². The van der Waals surface area contributed by atoms with Crippen molar-refractivity contribution >= 4 is 17.9 Å². The predicted molar refractivity (Wildman–Crippen MR) is 100 cm³/mol. The highest BCUT2D eigenvalue weighted by Crippen LogP contribution is 2.53. The minimum absolute atomic E-state index is 0.0632. The van der Waals surface area contributed by atoms with Crippen LogP contribution in [0.1, 0.15) is 34.6 Å². The molecule has 8 atom stereocenters. The molecule has 0 aromatic rings. The molecule has 160 valence electrons. The van der Waals surface area contributed by atoms with Crippen molar-refractivity contribution in [1.29, 1.82) is 0 Å².